The molecule has 0 spiro atoms. The number of benzene rings is 1. The van der Waals surface area contributed by atoms with Crippen molar-refractivity contribution in [2.24, 2.45) is 0 Å². The van der Waals surface area contributed by atoms with Gasteiger partial charge in [-0.15, -0.1) is 0 Å². The first kappa shape index (κ1) is 11.4. The van der Waals surface area contributed by atoms with E-state index < -0.39 is 4.92 Å². The van der Waals surface area contributed by atoms with Crippen molar-refractivity contribution >= 4 is 17.3 Å². The number of rotatable bonds is 4. The van der Waals surface area contributed by atoms with Gasteiger partial charge in [0.2, 0.25) is 0 Å². The summed E-state index contributed by atoms with van der Waals surface area (Å²) in [5.74, 6) is 0. The second kappa shape index (κ2) is 4.80. The van der Waals surface area contributed by atoms with E-state index in [4.69, 9.17) is 11.6 Å². The molecule has 0 radical (unpaired) electrons. The van der Waals surface area contributed by atoms with Crippen LogP contribution in [0.2, 0.25) is 5.02 Å². The van der Waals surface area contributed by atoms with Gasteiger partial charge in [0.25, 0.3) is 5.69 Å². The molecule has 0 amide bonds. The van der Waals surface area contributed by atoms with E-state index in [1.165, 1.54) is 25.3 Å². The highest BCUT2D eigenvalue weighted by atomic mass is 35.5. The van der Waals surface area contributed by atoms with Gasteiger partial charge in [-0.25, -0.2) is 0 Å². The van der Waals surface area contributed by atoms with Crippen LogP contribution in [0.15, 0.2) is 18.2 Å². The molecule has 16 heavy (non-hydrogen) atoms. The van der Waals surface area contributed by atoms with Crippen LogP contribution in [0, 0.1) is 10.1 Å². The molecule has 0 atom stereocenters. The first-order valence-corrected chi connectivity index (χ1v) is 5.71. The molecular weight excluding hydrogens is 228 g/mol. The maximum absolute atomic E-state index is 10.7. The largest absolute Gasteiger partial charge is 0.310 e. The number of nitrogens with zero attached hydrogens (tertiary/aromatic N) is 1. The van der Waals surface area contributed by atoms with E-state index in [2.05, 4.69) is 5.32 Å². The summed E-state index contributed by atoms with van der Waals surface area (Å²) in [6.45, 7) is 0.669. The molecule has 1 aromatic carbocycles. The Morgan fingerprint density at radius 1 is 1.50 bits per heavy atom. The van der Waals surface area contributed by atoms with Crippen LogP contribution in [-0.2, 0) is 6.54 Å². The van der Waals surface area contributed by atoms with Crippen molar-refractivity contribution in [1.82, 2.24) is 5.32 Å². The Labute approximate surface area is 98.8 Å². The molecule has 1 fully saturated rings. The lowest BCUT2D eigenvalue weighted by atomic mass is 9.93. The van der Waals surface area contributed by atoms with Gasteiger partial charge >= 0.3 is 0 Å². The highest BCUT2D eigenvalue weighted by molar-refractivity contribution is 6.32. The molecule has 0 bridgehead atoms. The van der Waals surface area contributed by atoms with Crippen LogP contribution in [0.25, 0.3) is 0 Å². The summed E-state index contributed by atoms with van der Waals surface area (Å²) in [5.41, 5.74) is 0.887. The van der Waals surface area contributed by atoms with E-state index in [0.717, 1.165) is 5.56 Å². The lowest BCUT2D eigenvalue weighted by Crippen LogP contribution is -2.34. The van der Waals surface area contributed by atoms with Crippen LogP contribution in [0.4, 0.5) is 5.69 Å². The highest BCUT2D eigenvalue weighted by Crippen LogP contribution is 2.25. The Balaban J connectivity index is 2.03. The van der Waals surface area contributed by atoms with Gasteiger partial charge in [0.1, 0.15) is 5.02 Å². The number of hydrogen-bond acceptors (Lipinski definition) is 3. The molecule has 86 valence electrons. The number of halogens is 1. The molecular formula is C11H13ClN2O2. The van der Waals surface area contributed by atoms with Crippen molar-refractivity contribution in [2.45, 2.75) is 31.8 Å². The van der Waals surface area contributed by atoms with Crippen molar-refractivity contribution in [3.05, 3.63) is 38.9 Å². The Morgan fingerprint density at radius 2 is 2.25 bits per heavy atom. The Kier molecular flexibility index (Phi) is 3.41. The molecule has 5 heteroatoms. The van der Waals surface area contributed by atoms with Crippen molar-refractivity contribution in [1.29, 1.82) is 0 Å². The zero-order chi connectivity index (χ0) is 11.5. The number of nitro benzene ring substituents is 1. The average molecular weight is 241 g/mol. The molecule has 0 heterocycles. The lowest BCUT2D eigenvalue weighted by Gasteiger charge is -2.26. The van der Waals surface area contributed by atoms with Gasteiger partial charge < -0.3 is 5.32 Å². The average Bonchev–Trinajstić information content (AvgIpc) is 2.17. The molecule has 1 N–H and O–H groups in total. The van der Waals surface area contributed by atoms with Crippen LogP contribution in [-0.4, -0.2) is 11.0 Å². The SMILES string of the molecule is O=[N+]([O-])c1cc(CNC2CCC2)ccc1Cl. The maximum Gasteiger partial charge on any atom is 0.288 e. The van der Waals surface area contributed by atoms with Gasteiger partial charge in [0.15, 0.2) is 0 Å². The van der Waals surface area contributed by atoms with Crippen molar-refractivity contribution < 1.29 is 4.92 Å². The fourth-order valence-corrected chi connectivity index (χ4v) is 1.87. The predicted octanol–water partition coefficient (Wildman–Crippen LogP) is 2.89. The Bertz CT molecular complexity index is 405. The molecule has 0 aromatic heterocycles. The van der Waals surface area contributed by atoms with Crippen LogP contribution in [0.3, 0.4) is 0 Å². The van der Waals surface area contributed by atoms with Gasteiger partial charge in [0.05, 0.1) is 4.92 Å². The second-order valence-corrected chi connectivity index (χ2v) is 4.46. The third kappa shape index (κ3) is 2.51. The van der Waals surface area contributed by atoms with Crippen LogP contribution < -0.4 is 5.32 Å². The van der Waals surface area contributed by atoms with Crippen molar-refractivity contribution in [2.75, 3.05) is 0 Å². The zero-order valence-electron chi connectivity index (χ0n) is 8.78. The zero-order valence-corrected chi connectivity index (χ0v) is 9.54. The molecule has 0 saturated heterocycles. The fourth-order valence-electron chi connectivity index (χ4n) is 1.68. The summed E-state index contributed by atoms with van der Waals surface area (Å²) in [6, 6.07) is 5.52. The topological polar surface area (TPSA) is 55.2 Å². The van der Waals surface area contributed by atoms with E-state index in [1.54, 1.807) is 6.07 Å². The summed E-state index contributed by atoms with van der Waals surface area (Å²) in [6.07, 6.45) is 3.68. The molecule has 2 rings (SSSR count). The number of hydrogen-bond donors (Lipinski definition) is 1. The van der Waals surface area contributed by atoms with E-state index in [9.17, 15) is 10.1 Å². The van der Waals surface area contributed by atoms with E-state index in [-0.39, 0.29) is 10.7 Å². The molecule has 1 aromatic rings. The summed E-state index contributed by atoms with van der Waals surface area (Å²) >= 11 is 5.73. The van der Waals surface area contributed by atoms with Gasteiger partial charge in [-0.3, -0.25) is 10.1 Å². The van der Waals surface area contributed by atoms with E-state index in [1.807, 2.05) is 6.07 Å². The maximum atomic E-state index is 10.7. The van der Waals surface area contributed by atoms with E-state index in [0.29, 0.717) is 12.6 Å². The molecule has 1 aliphatic rings. The molecule has 1 saturated carbocycles. The number of nitro groups is 1. The molecule has 4 nitrogen and oxygen atoms in total. The monoisotopic (exact) mass is 240 g/mol. The Morgan fingerprint density at radius 3 is 2.81 bits per heavy atom. The first-order valence-electron chi connectivity index (χ1n) is 5.33. The lowest BCUT2D eigenvalue weighted by molar-refractivity contribution is -0.384. The Hall–Kier alpha value is -1.13. The van der Waals surface area contributed by atoms with Crippen LogP contribution in [0.5, 0.6) is 0 Å². The van der Waals surface area contributed by atoms with Crippen LogP contribution in [0.1, 0.15) is 24.8 Å². The smallest absolute Gasteiger partial charge is 0.288 e. The minimum Gasteiger partial charge on any atom is -0.310 e. The molecule has 0 aliphatic heterocycles. The minimum atomic E-state index is -0.449. The normalized spacial score (nSPS) is 15.8. The second-order valence-electron chi connectivity index (χ2n) is 4.05. The predicted molar refractivity (Wildman–Crippen MR) is 62.6 cm³/mol. The van der Waals surface area contributed by atoms with E-state index >= 15 is 0 Å². The van der Waals surface area contributed by atoms with Crippen molar-refractivity contribution in [3.8, 4) is 0 Å². The van der Waals surface area contributed by atoms with Gasteiger partial charge in [-0.1, -0.05) is 24.1 Å². The quantitative estimate of drug-likeness (QED) is 0.650. The standard InChI is InChI=1S/C11H13ClN2O2/c12-10-5-4-8(6-11(10)14(15)16)7-13-9-2-1-3-9/h4-6,9,13H,1-3,7H2. The molecule has 0 unspecified atom stereocenters. The van der Waals surface area contributed by atoms with Gasteiger partial charge in [-0.05, 0) is 24.5 Å². The van der Waals surface area contributed by atoms with Gasteiger partial charge in [-0.2, -0.15) is 0 Å². The summed E-state index contributed by atoms with van der Waals surface area (Å²) in [4.78, 5) is 10.2. The third-order valence-corrected chi connectivity index (χ3v) is 3.23. The summed E-state index contributed by atoms with van der Waals surface area (Å²) in [7, 11) is 0. The first-order chi connectivity index (χ1) is 7.66. The third-order valence-electron chi connectivity index (χ3n) is 2.91. The molecule has 1 aliphatic carbocycles. The summed E-state index contributed by atoms with van der Waals surface area (Å²) in [5, 5.41) is 14.2. The fraction of sp³-hybridized carbons (Fsp3) is 0.455. The highest BCUT2D eigenvalue weighted by Gasteiger charge is 2.17. The summed E-state index contributed by atoms with van der Waals surface area (Å²) < 4.78 is 0. The minimum absolute atomic E-state index is 0.0189. The number of nitrogens with one attached hydrogen (secondary N) is 1. The van der Waals surface area contributed by atoms with Crippen molar-refractivity contribution in [3.63, 3.8) is 0 Å². The van der Waals surface area contributed by atoms with Gasteiger partial charge in [0, 0.05) is 18.7 Å². The van der Waals surface area contributed by atoms with Crippen LogP contribution >= 0.6 is 11.6 Å².